The summed E-state index contributed by atoms with van der Waals surface area (Å²) in [6, 6.07) is 9.92. The first-order valence-corrected chi connectivity index (χ1v) is 6.90. The zero-order valence-electron chi connectivity index (χ0n) is 12.7. The first-order valence-electron chi connectivity index (χ1n) is 6.90. The van der Waals surface area contributed by atoms with Gasteiger partial charge in [-0.25, -0.2) is 0 Å². The molecule has 6 heteroatoms. The Kier molecular flexibility index (Phi) is 4.93. The van der Waals surface area contributed by atoms with Crippen molar-refractivity contribution in [1.82, 2.24) is 0 Å². The molecule has 0 heterocycles. The molecule has 3 nitrogen and oxygen atoms in total. The topological polar surface area (TPSA) is 41.8 Å². The minimum Gasteiger partial charge on any atom is -0.508 e. The van der Waals surface area contributed by atoms with E-state index in [0.29, 0.717) is 16.8 Å². The van der Waals surface area contributed by atoms with Crippen molar-refractivity contribution in [2.75, 3.05) is 0 Å². The van der Waals surface area contributed by atoms with Crippen LogP contribution in [0.1, 0.15) is 29.2 Å². The highest BCUT2D eigenvalue weighted by molar-refractivity contribution is 5.98. The van der Waals surface area contributed by atoms with Gasteiger partial charge in [0.05, 0.1) is 11.3 Å². The molecule has 0 fully saturated rings. The first kappa shape index (κ1) is 16.9. The number of aromatic hydroxyl groups is 1. The number of hydrogen-bond donors (Lipinski definition) is 1. The maximum atomic E-state index is 12.7. The molecule has 0 unspecified atom stereocenters. The van der Waals surface area contributed by atoms with Gasteiger partial charge in [-0.3, -0.25) is 0 Å². The SMILES string of the molecule is C/C(=N\OCc1ccc(O)c(C)c1)c1cccc(C(F)(F)F)c1. The van der Waals surface area contributed by atoms with E-state index in [1.165, 1.54) is 6.07 Å². The van der Waals surface area contributed by atoms with Gasteiger partial charge in [0.2, 0.25) is 0 Å². The lowest BCUT2D eigenvalue weighted by Crippen LogP contribution is -2.06. The number of phenolic OH excluding ortho intramolecular Hbond substituents is 1. The number of halogens is 3. The van der Waals surface area contributed by atoms with Gasteiger partial charge in [0, 0.05) is 0 Å². The lowest BCUT2D eigenvalue weighted by molar-refractivity contribution is -0.137. The molecule has 2 aromatic carbocycles. The summed E-state index contributed by atoms with van der Waals surface area (Å²) >= 11 is 0. The van der Waals surface area contributed by atoms with Crippen LogP contribution in [0.15, 0.2) is 47.6 Å². The third-order valence-electron chi connectivity index (χ3n) is 3.30. The molecule has 0 aliphatic rings. The van der Waals surface area contributed by atoms with Crippen LogP contribution in [0, 0.1) is 6.92 Å². The van der Waals surface area contributed by atoms with E-state index in [-0.39, 0.29) is 12.4 Å². The van der Waals surface area contributed by atoms with E-state index in [9.17, 15) is 18.3 Å². The molecule has 0 aliphatic heterocycles. The predicted molar refractivity (Wildman–Crippen MR) is 81.3 cm³/mol. The summed E-state index contributed by atoms with van der Waals surface area (Å²) in [5.41, 5.74) is 1.50. The van der Waals surface area contributed by atoms with Gasteiger partial charge in [0.15, 0.2) is 0 Å². The smallest absolute Gasteiger partial charge is 0.416 e. The lowest BCUT2D eigenvalue weighted by Gasteiger charge is -2.08. The van der Waals surface area contributed by atoms with Crippen LogP contribution >= 0.6 is 0 Å². The lowest BCUT2D eigenvalue weighted by atomic mass is 10.1. The van der Waals surface area contributed by atoms with Crippen LogP contribution in [0.3, 0.4) is 0 Å². The van der Waals surface area contributed by atoms with Crippen molar-refractivity contribution in [3.8, 4) is 5.75 Å². The second kappa shape index (κ2) is 6.73. The van der Waals surface area contributed by atoms with Gasteiger partial charge in [-0.2, -0.15) is 13.2 Å². The van der Waals surface area contributed by atoms with Crippen molar-refractivity contribution in [2.24, 2.45) is 5.16 Å². The second-order valence-electron chi connectivity index (χ2n) is 5.15. The van der Waals surface area contributed by atoms with Crippen LogP contribution in [-0.4, -0.2) is 10.8 Å². The zero-order chi connectivity index (χ0) is 17.0. The Hall–Kier alpha value is -2.50. The van der Waals surface area contributed by atoms with Gasteiger partial charge in [-0.1, -0.05) is 23.4 Å². The van der Waals surface area contributed by atoms with Crippen LogP contribution in [-0.2, 0) is 17.6 Å². The Morgan fingerprint density at radius 1 is 1.17 bits per heavy atom. The van der Waals surface area contributed by atoms with E-state index in [4.69, 9.17) is 4.84 Å². The predicted octanol–water partition coefficient (Wildman–Crippen LogP) is 4.66. The molecular weight excluding hydrogens is 307 g/mol. The van der Waals surface area contributed by atoms with E-state index < -0.39 is 11.7 Å². The quantitative estimate of drug-likeness (QED) is 0.657. The van der Waals surface area contributed by atoms with Crippen molar-refractivity contribution in [3.05, 3.63) is 64.7 Å². The van der Waals surface area contributed by atoms with Crippen LogP contribution in [0.4, 0.5) is 13.2 Å². The highest BCUT2D eigenvalue weighted by Crippen LogP contribution is 2.29. The van der Waals surface area contributed by atoms with E-state index in [1.54, 1.807) is 38.1 Å². The second-order valence-corrected chi connectivity index (χ2v) is 5.15. The van der Waals surface area contributed by atoms with Gasteiger partial charge < -0.3 is 9.94 Å². The largest absolute Gasteiger partial charge is 0.508 e. The molecule has 1 N–H and O–H groups in total. The maximum absolute atomic E-state index is 12.7. The molecule has 2 aromatic rings. The van der Waals surface area contributed by atoms with E-state index in [0.717, 1.165) is 17.7 Å². The third kappa shape index (κ3) is 4.48. The molecule has 0 radical (unpaired) electrons. The Bertz CT molecular complexity index is 724. The summed E-state index contributed by atoms with van der Waals surface area (Å²) in [5, 5.41) is 13.3. The molecule has 0 saturated heterocycles. The normalized spacial score (nSPS) is 12.3. The average molecular weight is 323 g/mol. The van der Waals surface area contributed by atoms with Crippen LogP contribution < -0.4 is 0 Å². The monoisotopic (exact) mass is 323 g/mol. The zero-order valence-corrected chi connectivity index (χ0v) is 12.7. The number of oxime groups is 1. The third-order valence-corrected chi connectivity index (χ3v) is 3.30. The number of alkyl halides is 3. The minimum atomic E-state index is -4.39. The molecule has 2 rings (SSSR count). The van der Waals surface area contributed by atoms with Crippen LogP contribution in [0.2, 0.25) is 0 Å². The fourth-order valence-corrected chi connectivity index (χ4v) is 1.98. The van der Waals surface area contributed by atoms with E-state index in [2.05, 4.69) is 5.16 Å². The molecule has 0 saturated carbocycles. The van der Waals surface area contributed by atoms with Gasteiger partial charge in [-0.05, 0) is 54.8 Å². The molecule has 0 atom stereocenters. The van der Waals surface area contributed by atoms with Crippen molar-refractivity contribution in [3.63, 3.8) is 0 Å². The standard InChI is InChI=1S/C17H16F3NO2/c1-11-8-13(6-7-16(11)22)10-23-21-12(2)14-4-3-5-15(9-14)17(18,19)20/h3-9,22H,10H2,1-2H3/b21-12+. The molecule has 23 heavy (non-hydrogen) atoms. The van der Waals surface area contributed by atoms with Gasteiger partial charge in [-0.15, -0.1) is 0 Å². The molecule has 0 amide bonds. The van der Waals surface area contributed by atoms with E-state index >= 15 is 0 Å². The van der Waals surface area contributed by atoms with Crippen molar-refractivity contribution >= 4 is 5.71 Å². The van der Waals surface area contributed by atoms with E-state index in [1.807, 2.05) is 0 Å². The van der Waals surface area contributed by atoms with Gasteiger partial charge in [0.1, 0.15) is 12.4 Å². The summed E-state index contributed by atoms with van der Waals surface area (Å²) < 4.78 is 38.1. The van der Waals surface area contributed by atoms with Crippen molar-refractivity contribution in [1.29, 1.82) is 0 Å². The van der Waals surface area contributed by atoms with Crippen LogP contribution in [0.25, 0.3) is 0 Å². The van der Waals surface area contributed by atoms with Crippen molar-refractivity contribution < 1.29 is 23.1 Å². The number of phenols is 1. The maximum Gasteiger partial charge on any atom is 0.416 e. The molecule has 0 bridgehead atoms. The Balaban J connectivity index is 2.06. The van der Waals surface area contributed by atoms with Crippen molar-refractivity contribution in [2.45, 2.75) is 26.6 Å². The fraction of sp³-hybridized carbons (Fsp3) is 0.235. The molecule has 0 spiro atoms. The summed E-state index contributed by atoms with van der Waals surface area (Å²) in [6.45, 7) is 3.50. The number of hydrogen-bond acceptors (Lipinski definition) is 3. The summed E-state index contributed by atoms with van der Waals surface area (Å²) in [6.07, 6.45) is -4.39. The highest BCUT2D eigenvalue weighted by Gasteiger charge is 2.30. The Morgan fingerprint density at radius 3 is 2.57 bits per heavy atom. The molecule has 122 valence electrons. The Morgan fingerprint density at radius 2 is 1.91 bits per heavy atom. The minimum absolute atomic E-state index is 0.164. The number of rotatable bonds is 4. The van der Waals surface area contributed by atoms with Gasteiger partial charge >= 0.3 is 6.18 Å². The fourth-order valence-electron chi connectivity index (χ4n) is 1.98. The molecular formula is C17H16F3NO2. The highest BCUT2D eigenvalue weighted by atomic mass is 19.4. The average Bonchev–Trinajstić information content (AvgIpc) is 2.50. The van der Waals surface area contributed by atoms with Gasteiger partial charge in [0.25, 0.3) is 0 Å². The number of benzene rings is 2. The summed E-state index contributed by atoms with van der Waals surface area (Å²) in [5.74, 6) is 0.192. The first-order chi connectivity index (χ1) is 10.8. The summed E-state index contributed by atoms with van der Waals surface area (Å²) in [7, 11) is 0. The Labute approximate surface area is 132 Å². The number of aryl methyl sites for hydroxylation is 1. The molecule has 0 aromatic heterocycles. The summed E-state index contributed by atoms with van der Waals surface area (Å²) in [4.78, 5) is 5.18. The number of nitrogens with zero attached hydrogens (tertiary/aromatic N) is 1. The van der Waals surface area contributed by atoms with Crippen LogP contribution in [0.5, 0.6) is 5.75 Å². The molecule has 0 aliphatic carbocycles.